The molecule has 2 aliphatic rings. The molecule has 96 valence electrons. The fraction of sp³-hybridized carbons (Fsp3) is 0.188. The summed E-state index contributed by atoms with van der Waals surface area (Å²) >= 11 is 0. The van der Waals surface area contributed by atoms with Crippen molar-refractivity contribution in [2.24, 2.45) is 5.92 Å². The van der Waals surface area contributed by atoms with E-state index in [0.29, 0.717) is 6.42 Å². The zero-order valence-corrected chi connectivity index (χ0v) is 10.4. The van der Waals surface area contributed by atoms with Crippen LogP contribution in [0.2, 0.25) is 0 Å². The molecule has 0 bridgehead atoms. The van der Waals surface area contributed by atoms with Gasteiger partial charge in [-0.3, -0.25) is 4.79 Å². The molecule has 0 fully saturated rings. The van der Waals surface area contributed by atoms with Crippen LogP contribution in [0, 0.1) is 5.92 Å². The number of allylic oxidation sites excluding steroid dienone is 3. The third kappa shape index (κ3) is 2.45. The fourth-order valence-corrected chi connectivity index (χ4v) is 2.46. The smallest absolute Gasteiger partial charge is 0.303 e. The van der Waals surface area contributed by atoms with Crippen molar-refractivity contribution >= 4 is 18.3 Å². The highest BCUT2D eigenvalue weighted by atomic mass is 16.5. The molecule has 1 aliphatic heterocycles. The van der Waals surface area contributed by atoms with Gasteiger partial charge in [-0.1, -0.05) is 30.3 Å². The summed E-state index contributed by atoms with van der Waals surface area (Å²) in [6, 6.07) is 8.00. The van der Waals surface area contributed by atoms with Gasteiger partial charge in [0.05, 0.1) is 12.7 Å². The minimum absolute atomic E-state index is 0.0429. The minimum Gasteiger partial charge on any atom is -0.481 e. The van der Waals surface area contributed by atoms with Crippen LogP contribution in [0.1, 0.15) is 12.8 Å². The Balaban J connectivity index is 1.97. The Hall–Kier alpha value is -2.29. The van der Waals surface area contributed by atoms with Crippen LogP contribution in [0.4, 0.5) is 0 Å². The lowest BCUT2D eigenvalue weighted by atomic mass is 9.90. The Morgan fingerprint density at radius 2 is 2.11 bits per heavy atom. The van der Waals surface area contributed by atoms with E-state index in [0.717, 1.165) is 21.8 Å². The van der Waals surface area contributed by atoms with E-state index in [9.17, 15) is 4.79 Å². The predicted molar refractivity (Wildman–Crippen MR) is 72.2 cm³/mol. The Morgan fingerprint density at radius 1 is 1.32 bits per heavy atom. The summed E-state index contributed by atoms with van der Waals surface area (Å²) in [5.41, 5.74) is 1.06. The zero-order valence-electron chi connectivity index (χ0n) is 10.4. The van der Waals surface area contributed by atoms with Crippen LogP contribution >= 0.6 is 0 Å². The number of hydrogen-bond donors (Lipinski definition) is 1. The summed E-state index contributed by atoms with van der Waals surface area (Å²) < 4.78 is 5.68. The second-order valence-electron chi connectivity index (χ2n) is 4.82. The van der Waals surface area contributed by atoms with E-state index in [2.05, 4.69) is 6.08 Å². The van der Waals surface area contributed by atoms with Gasteiger partial charge in [-0.15, -0.1) is 0 Å². The van der Waals surface area contributed by atoms with Gasteiger partial charge in [-0.05, 0) is 35.3 Å². The summed E-state index contributed by atoms with van der Waals surface area (Å²) in [5, 5.41) is 11.0. The minimum atomic E-state index is -0.764. The van der Waals surface area contributed by atoms with Crippen molar-refractivity contribution in [3.63, 3.8) is 0 Å². The molecular weight excluding hydrogens is 240 g/mol. The molecule has 3 heteroatoms. The predicted octanol–water partition coefficient (Wildman–Crippen LogP) is 1.54. The van der Waals surface area contributed by atoms with Gasteiger partial charge in [0.25, 0.3) is 0 Å². The summed E-state index contributed by atoms with van der Waals surface area (Å²) in [7, 11) is 0. The van der Waals surface area contributed by atoms with Crippen LogP contribution in [0.5, 0.6) is 0 Å². The van der Waals surface area contributed by atoms with Gasteiger partial charge in [-0.25, -0.2) is 0 Å². The number of ether oxygens (including phenoxy) is 1. The van der Waals surface area contributed by atoms with Crippen molar-refractivity contribution in [3.05, 3.63) is 58.2 Å². The standard InChI is InChI=1S/C16H14O3/c17-16(18)8-11-5-6-15-14(7-11)9-12-3-1-2-4-13(12)10-19-15/h1-6,9-11H,7-8H2,(H,17,18). The fourth-order valence-electron chi connectivity index (χ4n) is 2.46. The van der Waals surface area contributed by atoms with Gasteiger partial charge in [0.15, 0.2) is 0 Å². The first-order valence-corrected chi connectivity index (χ1v) is 6.29. The normalized spacial score (nSPS) is 20.3. The number of fused-ring (bicyclic) bond motifs is 1. The summed E-state index contributed by atoms with van der Waals surface area (Å²) in [6.07, 6.45) is 8.51. The molecule has 1 atom stereocenters. The van der Waals surface area contributed by atoms with Crippen LogP contribution in [0.15, 0.2) is 47.7 Å². The van der Waals surface area contributed by atoms with Crippen molar-refractivity contribution in [1.82, 2.24) is 0 Å². The maximum Gasteiger partial charge on any atom is 0.303 e. The molecule has 19 heavy (non-hydrogen) atoms. The molecule has 1 unspecified atom stereocenters. The average Bonchev–Trinajstić information content (AvgIpc) is 2.56. The van der Waals surface area contributed by atoms with Gasteiger partial charge < -0.3 is 9.84 Å². The van der Waals surface area contributed by atoms with Crippen LogP contribution in [-0.2, 0) is 9.53 Å². The summed E-state index contributed by atoms with van der Waals surface area (Å²) in [5.74, 6) is 0.0967. The molecule has 0 spiro atoms. The number of carboxylic acid groups (broad SMARTS) is 1. The van der Waals surface area contributed by atoms with Crippen LogP contribution < -0.4 is 10.4 Å². The zero-order chi connectivity index (χ0) is 13.2. The first-order chi connectivity index (χ1) is 9.22. The summed E-state index contributed by atoms with van der Waals surface area (Å²) in [6.45, 7) is 0. The lowest BCUT2D eigenvalue weighted by molar-refractivity contribution is -0.137. The maximum atomic E-state index is 10.8. The van der Waals surface area contributed by atoms with Crippen molar-refractivity contribution < 1.29 is 14.6 Å². The molecule has 0 saturated heterocycles. The molecule has 1 aromatic carbocycles. The molecule has 0 aromatic heterocycles. The van der Waals surface area contributed by atoms with Gasteiger partial charge in [0, 0.05) is 5.22 Å². The largest absolute Gasteiger partial charge is 0.481 e. The van der Waals surface area contributed by atoms with E-state index in [1.807, 2.05) is 36.4 Å². The highest BCUT2D eigenvalue weighted by Gasteiger charge is 2.19. The van der Waals surface area contributed by atoms with Crippen molar-refractivity contribution in [2.45, 2.75) is 12.8 Å². The molecule has 1 aromatic rings. The van der Waals surface area contributed by atoms with Crippen molar-refractivity contribution in [3.8, 4) is 0 Å². The molecule has 3 rings (SSSR count). The molecule has 0 radical (unpaired) electrons. The Morgan fingerprint density at radius 3 is 2.89 bits per heavy atom. The topological polar surface area (TPSA) is 46.5 Å². The number of benzene rings is 1. The van der Waals surface area contributed by atoms with Gasteiger partial charge in [-0.2, -0.15) is 0 Å². The molecular formula is C16H14O3. The highest BCUT2D eigenvalue weighted by Crippen LogP contribution is 2.28. The second-order valence-corrected chi connectivity index (χ2v) is 4.82. The summed E-state index contributed by atoms with van der Waals surface area (Å²) in [4.78, 5) is 10.8. The third-order valence-electron chi connectivity index (χ3n) is 3.39. The number of hydrogen-bond acceptors (Lipinski definition) is 2. The van der Waals surface area contributed by atoms with Crippen LogP contribution in [-0.4, -0.2) is 11.1 Å². The molecule has 0 amide bonds. The van der Waals surface area contributed by atoms with Gasteiger partial charge >= 0.3 is 5.97 Å². The molecule has 1 N–H and O–H groups in total. The average molecular weight is 254 g/mol. The monoisotopic (exact) mass is 254 g/mol. The molecule has 0 saturated carbocycles. The number of carbonyl (C=O) groups is 1. The van der Waals surface area contributed by atoms with E-state index in [-0.39, 0.29) is 12.3 Å². The molecule has 1 heterocycles. The van der Waals surface area contributed by atoms with Crippen LogP contribution in [0.3, 0.4) is 0 Å². The van der Waals surface area contributed by atoms with E-state index in [1.165, 1.54) is 0 Å². The Labute approximate surface area is 110 Å². The first-order valence-electron chi connectivity index (χ1n) is 6.29. The van der Waals surface area contributed by atoms with E-state index in [1.54, 1.807) is 6.26 Å². The van der Waals surface area contributed by atoms with E-state index >= 15 is 0 Å². The first kappa shape index (κ1) is 11.8. The number of rotatable bonds is 2. The number of aliphatic carboxylic acids is 1. The molecule has 1 aliphatic carbocycles. The SMILES string of the molecule is O=C(O)CC1C=CC2=C(C=c3ccccc3=CO2)C1. The maximum absolute atomic E-state index is 10.8. The third-order valence-corrected chi connectivity index (χ3v) is 3.39. The lowest BCUT2D eigenvalue weighted by Gasteiger charge is -2.18. The van der Waals surface area contributed by atoms with Crippen LogP contribution in [0.25, 0.3) is 12.3 Å². The van der Waals surface area contributed by atoms with Gasteiger partial charge in [0.2, 0.25) is 0 Å². The highest BCUT2D eigenvalue weighted by molar-refractivity contribution is 5.68. The Kier molecular flexibility index (Phi) is 2.95. The second kappa shape index (κ2) is 4.76. The van der Waals surface area contributed by atoms with E-state index < -0.39 is 5.97 Å². The van der Waals surface area contributed by atoms with E-state index in [4.69, 9.17) is 9.84 Å². The van der Waals surface area contributed by atoms with Crippen molar-refractivity contribution in [2.75, 3.05) is 0 Å². The van der Waals surface area contributed by atoms with Gasteiger partial charge in [0.1, 0.15) is 5.76 Å². The number of carboxylic acids is 1. The Bertz CT molecular complexity index is 695. The van der Waals surface area contributed by atoms with Crippen molar-refractivity contribution in [1.29, 1.82) is 0 Å². The lowest BCUT2D eigenvalue weighted by Crippen LogP contribution is -2.23. The molecule has 3 nitrogen and oxygen atoms in total. The quantitative estimate of drug-likeness (QED) is 0.870.